The van der Waals surface area contributed by atoms with Gasteiger partial charge in [0.05, 0.1) is 18.2 Å². The fourth-order valence-electron chi connectivity index (χ4n) is 3.12. The highest BCUT2D eigenvalue weighted by molar-refractivity contribution is 5.57. The Hall–Kier alpha value is -2.62. The first-order valence-electron chi connectivity index (χ1n) is 7.97. The molecule has 1 fully saturated rings. The number of hydroxylamine groups is 1. The first kappa shape index (κ1) is 14.0. The molecule has 0 aliphatic carbocycles. The van der Waals surface area contributed by atoms with Gasteiger partial charge in [-0.3, -0.25) is 0 Å². The van der Waals surface area contributed by atoms with Crippen LogP contribution in [-0.4, -0.2) is 27.2 Å². The van der Waals surface area contributed by atoms with E-state index in [1.54, 1.807) is 0 Å². The van der Waals surface area contributed by atoms with Crippen LogP contribution in [0, 0.1) is 5.92 Å². The fraction of sp³-hybridized carbons (Fsp3) is 0.263. The number of anilines is 3. The second kappa shape index (κ2) is 5.54. The molecule has 1 atom stereocenters. The highest BCUT2D eigenvalue weighted by atomic mass is 16.7. The van der Waals surface area contributed by atoms with Gasteiger partial charge in [-0.05, 0) is 36.4 Å². The monoisotopic (exact) mass is 307 g/mol. The SMILES string of the molecule is CN(C)c1ccc(N2CC3CN(c4ccccc4)C=C3O2)cc1. The summed E-state index contributed by atoms with van der Waals surface area (Å²) in [6.45, 7) is 1.88. The number of para-hydroxylation sites is 1. The zero-order valence-corrected chi connectivity index (χ0v) is 13.5. The van der Waals surface area contributed by atoms with Crippen molar-refractivity contribution in [1.82, 2.24) is 0 Å². The molecular formula is C19H21N3O. The molecular weight excluding hydrogens is 286 g/mol. The second-order valence-electron chi connectivity index (χ2n) is 6.28. The number of fused-ring (bicyclic) bond motifs is 1. The third kappa shape index (κ3) is 2.61. The summed E-state index contributed by atoms with van der Waals surface area (Å²) in [5, 5.41) is 2.00. The van der Waals surface area contributed by atoms with E-state index in [1.807, 2.05) is 11.1 Å². The summed E-state index contributed by atoms with van der Waals surface area (Å²) in [6, 6.07) is 18.9. The fourth-order valence-corrected chi connectivity index (χ4v) is 3.12. The van der Waals surface area contributed by atoms with Crippen molar-refractivity contribution in [3.63, 3.8) is 0 Å². The van der Waals surface area contributed by atoms with Gasteiger partial charge in [-0.2, -0.15) is 0 Å². The maximum absolute atomic E-state index is 6.06. The Morgan fingerprint density at radius 1 is 0.913 bits per heavy atom. The molecule has 0 N–H and O–H groups in total. The normalized spacial score (nSPS) is 19.4. The van der Waals surface area contributed by atoms with E-state index >= 15 is 0 Å². The summed E-state index contributed by atoms with van der Waals surface area (Å²) < 4.78 is 0. The lowest BCUT2D eigenvalue weighted by molar-refractivity contribution is 0.227. The van der Waals surface area contributed by atoms with Gasteiger partial charge in [0.2, 0.25) is 0 Å². The Morgan fingerprint density at radius 2 is 1.65 bits per heavy atom. The van der Waals surface area contributed by atoms with Crippen molar-refractivity contribution in [1.29, 1.82) is 0 Å². The number of hydrogen-bond donors (Lipinski definition) is 0. The van der Waals surface area contributed by atoms with Crippen LogP contribution in [-0.2, 0) is 4.84 Å². The van der Waals surface area contributed by atoms with Crippen LogP contribution in [0.4, 0.5) is 17.1 Å². The van der Waals surface area contributed by atoms with E-state index in [0.717, 1.165) is 24.5 Å². The molecule has 0 amide bonds. The summed E-state index contributed by atoms with van der Waals surface area (Å²) >= 11 is 0. The predicted molar refractivity (Wildman–Crippen MR) is 94.6 cm³/mol. The van der Waals surface area contributed by atoms with Crippen molar-refractivity contribution in [3.05, 3.63) is 66.6 Å². The summed E-state index contributed by atoms with van der Waals surface area (Å²) in [7, 11) is 4.10. The van der Waals surface area contributed by atoms with E-state index in [0.29, 0.717) is 5.92 Å². The largest absolute Gasteiger partial charge is 0.382 e. The summed E-state index contributed by atoms with van der Waals surface area (Å²) in [6.07, 6.45) is 2.13. The lowest BCUT2D eigenvalue weighted by Crippen LogP contribution is -2.24. The molecule has 0 saturated carbocycles. The molecule has 2 heterocycles. The summed E-state index contributed by atoms with van der Waals surface area (Å²) in [5.74, 6) is 1.49. The predicted octanol–water partition coefficient (Wildman–Crippen LogP) is 3.48. The van der Waals surface area contributed by atoms with E-state index in [9.17, 15) is 0 Å². The first-order chi connectivity index (χ1) is 11.2. The molecule has 1 unspecified atom stereocenters. The molecule has 118 valence electrons. The maximum atomic E-state index is 6.06. The van der Waals surface area contributed by atoms with E-state index in [1.165, 1.54) is 11.4 Å². The third-order valence-corrected chi connectivity index (χ3v) is 4.45. The van der Waals surface area contributed by atoms with Gasteiger partial charge in [0.25, 0.3) is 0 Å². The summed E-state index contributed by atoms with van der Waals surface area (Å²) in [4.78, 5) is 10.4. The van der Waals surface area contributed by atoms with Gasteiger partial charge in [0.1, 0.15) is 0 Å². The molecule has 2 aliphatic heterocycles. The van der Waals surface area contributed by atoms with Gasteiger partial charge < -0.3 is 14.6 Å². The van der Waals surface area contributed by atoms with Crippen LogP contribution in [0.2, 0.25) is 0 Å². The van der Waals surface area contributed by atoms with E-state index < -0.39 is 0 Å². The van der Waals surface area contributed by atoms with Crippen LogP contribution in [0.25, 0.3) is 0 Å². The lowest BCUT2D eigenvalue weighted by Gasteiger charge is -2.21. The molecule has 0 aromatic heterocycles. The quantitative estimate of drug-likeness (QED) is 0.864. The molecule has 1 saturated heterocycles. The van der Waals surface area contributed by atoms with Gasteiger partial charge >= 0.3 is 0 Å². The Bertz CT molecular complexity index is 709. The van der Waals surface area contributed by atoms with Crippen molar-refractivity contribution < 1.29 is 4.84 Å². The number of hydrogen-bond acceptors (Lipinski definition) is 4. The molecule has 4 nitrogen and oxygen atoms in total. The Kier molecular flexibility index (Phi) is 3.37. The standard InChI is InChI=1S/C19H21N3O/c1-20(2)16-8-10-18(11-9-16)22-13-15-12-21(14-19(15)23-22)17-6-4-3-5-7-17/h3-11,14-15H,12-13H2,1-2H3. The molecule has 0 spiro atoms. The molecule has 2 aliphatic rings. The van der Waals surface area contributed by atoms with Crippen LogP contribution in [0.5, 0.6) is 0 Å². The van der Waals surface area contributed by atoms with Crippen molar-refractivity contribution in [2.75, 3.05) is 42.0 Å². The number of benzene rings is 2. The van der Waals surface area contributed by atoms with Crippen LogP contribution in [0.1, 0.15) is 0 Å². The van der Waals surface area contributed by atoms with Crippen LogP contribution < -0.4 is 14.9 Å². The van der Waals surface area contributed by atoms with E-state index in [-0.39, 0.29) is 0 Å². The second-order valence-corrected chi connectivity index (χ2v) is 6.28. The average Bonchev–Trinajstić information content (AvgIpc) is 3.14. The Balaban J connectivity index is 1.48. The molecule has 0 bridgehead atoms. The van der Waals surface area contributed by atoms with Crippen LogP contribution in [0.15, 0.2) is 66.6 Å². The van der Waals surface area contributed by atoms with Gasteiger partial charge in [0.15, 0.2) is 5.76 Å². The van der Waals surface area contributed by atoms with Crippen molar-refractivity contribution in [3.8, 4) is 0 Å². The average molecular weight is 307 g/mol. The maximum Gasteiger partial charge on any atom is 0.155 e. The highest BCUT2D eigenvalue weighted by Crippen LogP contribution is 2.36. The summed E-state index contributed by atoms with van der Waals surface area (Å²) in [5.41, 5.74) is 3.53. The molecule has 23 heavy (non-hydrogen) atoms. The zero-order valence-electron chi connectivity index (χ0n) is 13.5. The minimum Gasteiger partial charge on any atom is -0.382 e. The number of nitrogens with zero attached hydrogens (tertiary/aromatic N) is 3. The van der Waals surface area contributed by atoms with Gasteiger partial charge in [0, 0.05) is 38.2 Å². The topological polar surface area (TPSA) is 19.0 Å². The molecule has 4 heteroatoms. The van der Waals surface area contributed by atoms with E-state index in [4.69, 9.17) is 4.84 Å². The number of rotatable bonds is 3. The smallest absolute Gasteiger partial charge is 0.155 e. The van der Waals surface area contributed by atoms with Crippen molar-refractivity contribution in [2.45, 2.75) is 0 Å². The van der Waals surface area contributed by atoms with Crippen LogP contribution >= 0.6 is 0 Å². The van der Waals surface area contributed by atoms with Crippen molar-refractivity contribution in [2.24, 2.45) is 5.92 Å². The third-order valence-electron chi connectivity index (χ3n) is 4.45. The molecule has 2 aromatic carbocycles. The first-order valence-corrected chi connectivity index (χ1v) is 7.97. The zero-order chi connectivity index (χ0) is 15.8. The Morgan fingerprint density at radius 3 is 2.30 bits per heavy atom. The van der Waals surface area contributed by atoms with E-state index in [2.05, 4.69) is 78.6 Å². The van der Waals surface area contributed by atoms with Gasteiger partial charge in [-0.25, -0.2) is 5.06 Å². The minimum absolute atomic E-state index is 0.434. The van der Waals surface area contributed by atoms with Crippen molar-refractivity contribution >= 4 is 17.1 Å². The molecule has 4 rings (SSSR count). The minimum atomic E-state index is 0.434. The molecule has 2 aromatic rings. The Labute approximate surface area is 137 Å². The van der Waals surface area contributed by atoms with Gasteiger partial charge in [-0.1, -0.05) is 18.2 Å². The lowest BCUT2D eigenvalue weighted by atomic mass is 10.1. The van der Waals surface area contributed by atoms with Crippen LogP contribution in [0.3, 0.4) is 0 Å². The van der Waals surface area contributed by atoms with Gasteiger partial charge in [-0.15, -0.1) is 0 Å². The highest BCUT2D eigenvalue weighted by Gasteiger charge is 2.36. The molecule has 0 radical (unpaired) electrons.